The third kappa shape index (κ3) is 3.84. The Hall–Kier alpha value is -1.91. The van der Waals surface area contributed by atoms with Gasteiger partial charge in [0, 0.05) is 38.3 Å². The molecule has 0 amide bonds. The number of ether oxygens (including phenoxy) is 2. The summed E-state index contributed by atoms with van der Waals surface area (Å²) in [5, 5.41) is 3.43. The summed E-state index contributed by atoms with van der Waals surface area (Å²) in [5.74, 6) is 2.57. The monoisotopic (exact) mass is 305 g/mol. The van der Waals surface area contributed by atoms with E-state index in [1.54, 1.807) is 14.2 Å². The number of nitrogens with zero attached hydrogens (tertiary/aromatic N) is 2. The van der Waals surface area contributed by atoms with Crippen LogP contribution in [-0.2, 0) is 6.54 Å². The Balaban J connectivity index is 2.02. The summed E-state index contributed by atoms with van der Waals surface area (Å²) >= 11 is 0. The van der Waals surface area contributed by atoms with E-state index in [1.807, 2.05) is 25.2 Å². The minimum atomic E-state index is 0.357. The maximum Gasteiger partial charge on any atom is 0.193 e. The molecule has 0 atom stereocenters. The van der Waals surface area contributed by atoms with Crippen molar-refractivity contribution < 1.29 is 9.47 Å². The van der Waals surface area contributed by atoms with Crippen molar-refractivity contribution in [2.45, 2.75) is 26.8 Å². The molecule has 0 aromatic heterocycles. The van der Waals surface area contributed by atoms with E-state index in [0.29, 0.717) is 12.0 Å². The normalized spacial score (nSPS) is 17.5. The first-order chi connectivity index (χ1) is 10.5. The number of nitrogens with one attached hydrogen (secondary N) is 1. The number of rotatable bonds is 4. The molecule has 122 valence electrons. The van der Waals surface area contributed by atoms with E-state index in [2.05, 4.69) is 29.1 Å². The largest absolute Gasteiger partial charge is 0.497 e. The van der Waals surface area contributed by atoms with E-state index in [0.717, 1.165) is 36.1 Å². The van der Waals surface area contributed by atoms with E-state index in [1.165, 1.54) is 6.42 Å². The highest BCUT2D eigenvalue weighted by Crippen LogP contribution is 2.29. The first kappa shape index (κ1) is 16.5. The van der Waals surface area contributed by atoms with Crippen molar-refractivity contribution in [3.63, 3.8) is 0 Å². The van der Waals surface area contributed by atoms with Gasteiger partial charge in [0.05, 0.1) is 14.2 Å². The lowest BCUT2D eigenvalue weighted by Crippen LogP contribution is -2.40. The molecule has 1 fully saturated rings. The molecule has 0 unspecified atom stereocenters. The molecule has 22 heavy (non-hydrogen) atoms. The van der Waals surface area contributed by atoms with E-state index < -0.39 is 0 Å². The van der Waals surface area contributed by atoms with Crippen LogP contribution in [0.15, 0.2) is 23.2 Å². The van der Waals surface area contributed by atoms with Crippen molar-refractivity contribution in [3.8, 4) is 11.5 Å². The Bertz CT molecular complexity index is 541. The van der Waals surface area contributed by atoms with Gasteiger partial charge in [0.15, 0.2) is 5.96 Å². The summed E-state index contributed by atoms with van der Waals surface area (Å²) in [4.78, 5) is 6.72. The molecule has 0 bridgehead atoms. The van der Waals surface area contributed by atoms with Gasteiger partial charge in [-0.05, 0) is 24.0 Å². The molecule has 5 nitrogen and oxygen atoms in total. The summed E-state index contributed by atoms with van der Waals surface area (Å²) in [6, 6.07) is 5.87. The Kier molecular flexibility index (Phi) is 5.16. The van der Waals surface area contributed by atoms with Crippen molar-refractivity contribution >= 4 is 5.96 Å². The lowest BCUT2D eigenvalue weighted by Gasteiger charge is -2.24. The molecule has 1 heterocycles. The van der Waals surface area contributed by atoms with Crippen LogP contribution in [0.2, 0.25) is 0 Å². The van der Waals surface area contributed by atoms with Gasteiger partial charge in [-0.25, -0.2) is 0 Å². The molecule has 1 aliphatic rings. The van der Waals surface area contributed by atoms with Crippen LogP contribution >= 0.6 is 0 Å². The van der Waals surface area contributed by atoms with Gasteiger partial charge in [-0.2, -0.15) is 0 Å². The third-order valence-corrected chi connectivity index (χ3v) is 4.12. The lowest BCUT2D eigenvalue weighted by atomic mass is 9.93. The maximum atomic E-state index is 5.44. The second-order valence-electron chi connectivity index (χ2n) is 6.41. The molecule has 1 aromatic carbocycles. The lowest BCUT2D eigenvalue weighted by molar-refractivity contribution is 0.369. The summed E-state index contributed by atoms with van der Waals surface area (Å²) in [6.45, 7) is 7.36. The van der Waals surface area contributed by atoms with Gasteiger partial charge in [-0.3, -0.25) is 4.99 Å². The molecular weight excluding hydrogens is 278 g/mol. The van der Waals surface area contributed by atoms with Crippen molar-refractivity contribution in [3.05, 3.63) is 23.8 Å². The minimum Gasteiger partial charge on any atom is -0.497 e. The van der Waals surface area contributed by atoms with Crippen LogP contribution in [-0.4, -0.2) is 45.2 Å². The fourth-order valence-electron chi connectivity index (χ4n) is 2.80. The Morgan fingerprint density at radius 2 is 2.09 bits per heavy atom. The van der Waals surface area contributed by atoms with E-state index in [-0.39, 0.29) is 0 Å². The van der Waals surface area contributed by atoms with Crippen molar-refractivity contribution in [1.29, 1.82) is 0 Å². The number of likely N-dealkylation sites (tertiary alicyclic amines) is 1. The van der Waals surface area contributed by atoms with Gasteiger partial charge in [-0.15, -0.1) is 0 Å². The molecule has 0 radical (unpaired) electrons. The maximum absolute atomic E-state index is 5.44. The van der Waals surface area contributed by atoms with Crippen molar-refractivity contribution in [1.82, 2.24) is 10.2 Å². The summed E-state index contributed by atoms with van der Waals surface area (Å²) in [5.41, 5.74) is 1.44. The van der Waals surface area contributed by atoms with E-state index in [4.69, 9.17) is 9.47 Å². The first-order valence-corrected chi connectivity index (χ1v) is 7.65. The van der Waals surface area contributed by atoms with Crippen LogP contribution in [0.3, 0.4) is 0 Å². The van der Waals surface area contributed by atoms with Crippen molar-refractivity contribution in [2.24, 2.45) is 10.4 Å². The van der Waals surface area contributed by atoms with Crippen LogP contribution < -0.4 is 14.8 Å². The molecule has 1 aromatic rings. The molecular formula is C17H27N3O2. The molecule has 5 heteroatoms. The first-order valence-electron chi connectivity index (χ1n) is 7.65. The second-order valence-corrected chi connectivity index (χ2v) is 6.41. The highest BCUT2D eigenvalue weighted by molar-refractivity contribution is 5.80. The SMILES string of the molecule is CN=C(NCc1ccc(OC)cc1OC)N1CCC(C)(C)C1. The van der Waals surface area contributed by atoms with Gasteiger partial charge >= 0.3 is 0 Å². The van der Waals surface area contributed by atoms with Crippen LogP contribution in [0, 0.1) is 5.41 Å². The standard InChI is InChI=1S/C17H27N3O2/c1-17(2)8-9-20(12-17)16(18-3)19-11-13-6-7-14(21-4)10-15(13)22-5/h6-7,10H,8-9,11-12H2,1-5H3,(H,18,19). The van der Waals surface area contributed by atoms with Gasteiger partial charge in [0.25, 0.3) is 0 Å². The van der Waals surface area contributed by atoms with Gasteiger partial charge < -0.3 is 19.7 Å². The highest BCUT2D eigenvalue weighted by atomic mass is 16.5. The second kappa shape index (κ2) is 6.90. The summed E-state index contributed by atoms with van der Waals surface area (Å²) in [6.07, 6.45) is 1.19. The van der Waals surface area contributed by atoms with Crippen molar-refractivity contribution in [2.75, 3.05) is 34.4 Å². The van der Waals surface area contributed by atoms with Crippen LogP contribution in [0.25, 0.3) is 0 Å². The predicted octanol–water partition coefficient (Wildman–Crippen LogP) is 2.51. The predicted molar refractivity (Wildman–Crippen MR) is 89.7 cm³/mol. The molecule has 0 spiro atoms. The third-order valence-electron chi connectivity index (χ3n) is 4.12. The molecule has 1 saturated heterocycles. The average molecular weight is 305 g/mol. The van der Waals surface area contributed by atoms with E-state index in [9.17, 15) is 0 Å². The molecule has 2 rings (SSSR count). The highest BCUT2D eigenvalue weighted by Gasteiger charge is 2.30. The quantitative estimate of drug-likeness (QED) is 0.686. The van der Waals surface area contributed by atoms with Gasteiger partial charge in [0.1, 0.15) is 11.5 Å². The Morgan fingerprint density at radius 3 is 2.64 bits per heavy atom. The van der Waals surface area contributed by atoms with Crippen LogP contribution in [0.4, 0.5) is 0 Å². The minimum absolute atomic E-state index is 0.357. The average Bonchev–Trinajstić information content (AvgIpc) is 2.88. The molecule has 0 saturated carbocycles. The number of benzene rings is 1. The molecule has 0 aliphatic carbocycles. The summed E-state index contributed by atoms with van der Waals surface area (Å²) in [7, 11) is 5.17. The number of hydrogen-bond acceptors (Lipinski definition) is 3. The van der Waals surface area contributed by atoms with Gasteiger partial charge in [0.2, 0.25) is 0 Å². The van der Waals surface area contributed by atoms with Crippen LogP contribution in [0.5, 0.6) is 11.5 Å². The molecule has 1 N–H and O–H groups in total. The van der Waals surface area contributed by atoms with Gasteiger partial charge in [-0.1, -0.05) is 13.8 Å². The smallest absolute Gasteiger partial charge is 0.193 e. The summed E-state index contributed by atoms with van der Waals surface area (Å²) < 4.78 is 10.7. The Morgan fingerprint density at radius 1 is 1.32 bits per heavy atom. The Labute approximate surface area is 133 Å². The zero-order valence-electron chi connectivity index (χ0n) is 14.3. The van der Waals surface area contributed by atoms with Crippen LogP contribution in [0.1, 0.15) is 25.8 Å². The number of aliphatic imine (C=N–C) groups is 1. The topological polar surface area (TPSA) is 46.1 Å². The fraction of sp³-hybridized carbons (Fsp3) is 0.588. The number of hydrogen-bond donors (Lipinski definition) is 1. The molecule has 1 aliphatic heterocycles. The number of guanidine groups is 1. The van der Waals surface area contributed by atoms with E-state index >= 15 is 0 Å². The zero-order chi connectivity index (χ0) is 16.2. The zero-order valence-corrected chi connectivity index (χ0v) is 14.3. The fourth-order valence-corrected chi connectivity index (χ4v) is 2.80. The number of methoxy groups -OCH3 is 2.